The third kappa shape index (κ3) is 5.32. The molecule has 1 amide bonds. The Morgan fingerprint density at radius 2 is 1.78 bits per heavy atom. The first-order valence-corrected chi connectivity index (χ1v) is 14.2. The number of nitrogens with one attached hydrogen (secondary N) is 1. The third-order valence-corrected chi connectivity index (χ3v) is 9.12. The Kier molecular flexibility index (Phi) is 7.80. The van der Waals surface area contributed by atoms with Gasteiger partial charge in [0.2, 0.25) is 5.91 Å². The van der Waals surface area contributed by atoms with Gasteiger partial charge in [-0.2, -0.15) is 0 Å². The average Bonchev–Trinajstić information content (AvgIpc) is 3.21. The Balaban J connectivity index is 1.69. The number of anilines is 2. The number of esters is 1. The molecule has 36 heavy (non-hydrogen) atoms. The summed E-state index contributed by atoms with van der Waals surface area (Å²) in [7, 11) is -4.03. The van der Waals surface area contributed by atoms with Crippen LogP contribution in [0.1, 0.15) is 51.7 Å². The maximum Gasteiger partial charge on any atom is 0.341 e. The lowest BCUT2D eigenvalue weighted by atomic mass is 9.95. The molecule has 1 aliphatic carbocycles. The number of aryl methyl sites for hydroxylation is 3. The molecule has 1 heterocycles. The number of hydrogen-bond donors (Lipinski definition) is 1. The summed E-state index contributed by atoms with van der Waals surface area (Å²) in [5, 5.41) is 3.25. The number of rotatable bonds is 8. The summed E-state index contributed by atoms with van der Waals surface area (Å²) in [6, 6.07) is 13.5. The maximum atomic E-state index is 13.7. The van der Waals surface area contributed by atoms with E-state index in [0.29, 0.717) is 16.3 Å². The van der Waals surface area contributed by atoms with E-state index in [2.05, 4.69) is 5.32 Å². The van der Waals surface area contributed by atoms with Crippen molar-refractivity contribution in [3.8, 4) is 0 Å². The van der Waals surface area contributed by atoms with E-state index in [0.717, 1.165) is 51.6 Å². The average molecular weight is 527 g/mol. The molecule has 0 radical (unpaired) electrons. The first kappa shape index (κ1) is 25.9. The van der Waals surface area contributed by atoms with Crippen LogP contribution >= 0.6 is 11.3 Å². The zero-order valence-corrected chi connectivity index (χ0v) is 22.3. The first-order valence-electron chi connectivity index (χ1n) is 12.0. The van der Waals surface area contributed by atoms with Crippen molar-refractivity contribution in [1.82, 2.24) is 0 Å². The van der Waals surface area contributed by atoms with Gasteiger partial charge in [0.05, 0.1) is 22.8 Å². The highest BCUT2D eigenvalue weighted by Gasteiger charge is 2.31. The Morgan fingerprint density at radius 1 is 1.06 bits per heavy atom. The molecule has 7 nitrogen and oxygen atoms in total. The van der Waals surface area contributed by atoms with Crippen molar-refractivity contribution in [2.45, 2.75) is 51.3 Å². The molecule has 3 aromatic rings. The first-order chi connectivity index (χ1) is 17.2. The van der Waals surface area contributed by atoms with Crippen LogP contribution in [0.25, 0.3) is 0 Å². The molecule has 0 saturated heterocycles. The van der Waals surface area contributed by atoms with E-state index in [1.807, 2.05) is 26.0 Å². The van der Waals surface area contributed by atoms with Crippen LogP contribution in [0, 0.1) is 13.8 Å². The lowest BCUT2D eigenvalue weighted by Crippen LogP contribution is -2.38. The normalized spacial score (nSPS) is 13.1. The molecule has 9 heteroatoms. The van der Waals surface area contributed by atoms with Gasteiger partial charge in [-0.05, 0) is 75.8 Å². The highest BCUT2D eigenvalue weighted by molar-refractivity contribution is 7.92. The van der Waals surface area contributed by atoms with Gasteiger partial charge in [0, 0.05) is 4.88 Å². The fraction of sp³-hybridized carbons (Fsp3) is 0.333. The van der Waals surface area contributed by atoms with Crippen molar-refractivity contribution in [2.24, 2.45) is 0 Å². The van der Waals surface area contributed by atoms with Gasteiger partial charge in [0.1, 0.15) is 11.5 Å². The SMILES string of the molecule is CCOC(=O)c1c(NC(=O)CN(c2ccc(C)cc2C)S(=O)(=O)c2ccccc2)sc2c1CCCC2. The Bertz CT molecular complexity index is 1380. The fourth-order valence-electron chi connectivity index (χ4n) is 4.47. The molecule has 0 fully saturated rings. The van der Waals surface area contributed by atoms with E-state index >= 15 is 0 Å². The molecule has 0 unspecified atom stereocenters. The van der Waals surface area contributed by atoms with Crippen LogP contribution in [0.2, 0.25) is 0 Å². The maximum absolute atomic E-state index is 13.7. The van der Waals surface area contributed by atoms with Gasteiger partial charge >= 0.3 is 5.97 Å². The number of nitrogens with zero attached hydrogens (tertiary/aromatic N) is 1. The molecular weight excluding hydrogens is 496 g/mol. The highest BCUT2D eigenvalue weighted by Crippen LogP contribution is 2.39. The van der Waals surface area contributed by atoms with E-state index < -0.39 is 28.4 Å². The number of hydrogen-bond acceptors (Lipinski definition) is 6. The van der Waals surface area contributed by atoms with E-state index in [1.165, 1.54) is 23.5 Å². The number of fused-ring (bicyclic) bond motifs is 1. The minimum atomic E-state index is -4.03. The summed E-state index contributed by atoms with van der Waals surface area (Å²) in [6.45, 7) is 5.28. The smallest absolute Gasteiger partial charge is 0.341 e. The lowest BCUT2D eigenvalue weighted by molar-refractivity contribution is -0.114. The molecule has 1 aliphatic rings. The van der Waals surface area contributed by atoms with Crippen LogP contribution in [0.15, 0.2) is 53.4 Å². The van der Waals surface area contributed by atoms with Gasteiger partial charge in [-0.15, -0.1) is 11.3 Å². The molecular formula is C27H30N2O5S2. The number of amides is 1. The summed E-state index contributed by atoms with van der Waals surface area (Å²) >= 11 is 1.38. The largest absolute Gasteiger partial charge is 0.462 e. The van der Waals surface area contributed by atoms with Gasteiger partial charge in [0.25, 0.3) is 10.0 Å². The van der Waals surface area contributed by atoms with Crippen molar-refractivity contribution in [2.75, 3.05) is 22.8 Å². The topological polar surface area (TPSA) is 92.8 Å². The number of benzene rings is 2. The van der Waals surface area contributed by atoms with Crippen molar-refractivity contribution in [3.05, 3.63) is 75.7 Å². The number of thiophene rings is 1. The number of ether oxygens (including phenoxy) is 1. The molecule has 2 aromatic carbocycles. The van der Waals surface area contributed by atoms with Crippen LogP contribution in [0.4, 0.5) is 10.7 Å². The van der Waals surface area contributed by atoms with Gasteiger partial charge < -0.3 is 10.1 Å². The van der Waals surface area contributed by atoms with Gasteiger partial charge in [-0.3, -0.25) is 9.10 Å². The quantitative estimate of drug-likeness (QED) is 0.405. The van der Waals surface area contributed by atoms with Crippen LogP contribution in [0.3, 0.4) is 0 Å². The molecule has 0 spiro atoms. The number of carbonyl (C=O) groups excluding carboxylic acids is 2. The van der Waals surface area contributed by atoms with Crippen LogP contribution < -0.4 is 9.62 Å². The molecule has 1 N–H and O–H groups in total. The van der Waals surface area contributed by atoms with E-state index in [9.17, 15) is 18.0 Å². The molecule has 190 valence electrons. The van der Waals surface area contributed by atoms with Gasteiger partial charge in [-0.25, -0.2) is 13.2 Å². The summed E-state index contributed by atoms with van der Waals surface area (Å²) in [5.41, 5.74) is 3.48. The Hall–Kier alpha value is -3.17. The molecule has 1 aromatic heterocycles. The second-order valence-corrected chi connectivity index (χ2v) is 11.8. The second-order valence-electron chi connectivity index (χ2n) is 8.80. The standard InChI is InChI=1S/C27H30N2O5S2/c1-4-34-27(31)25-21-12-8-9-13-23(21)35-26(25)28-24(30)17-29(22-15-14-18(2)16-19(22)3)36(32,33)20-10-6-5-7-11-20/h5-7,10-11,14-16H,4,8-9,12-13,17H2,1-3H3,(H,28,30). The fourth-order valence-corrected chi connectivity index (χ4v) is 7.27. The van der Waals surface area contributed by atoms with Crippen molar-refractivity contribution in [3.63, 3.8) is 0 Å². The van der Waals surface area contributed by atoms with Gasteiger partial charge in [0.15, 0.2) is 0 Å². The highest BCUT2D eigenvalue weighted by atomic mass is 32.2. The molecule has 0 aliphatic heterocycles. The predicted octanol–water partition coefficient (Wildman–Crippen LogP) is 5.25. The Labute approximate surface area is 216 Å². The predicted molar refractivity (Wildman–Crippen MR) is 142 cm³/mol. The van der Waals surface area contributed by atoms with Crippen molar-refractivity contribution < 1.29 is 22.7 Å². The van der Waals surface area contributed by atoms with E-state index in [1.54, 1.807) is 31.2 Å². The van der Waals surface area contributed by atoms with Crippen LogP contribution in [0.5, 0.6) is 0 Å². The monoisotopic (exact) mass is 526 g/mol. The number of sulfonamides is 1. The van der Waals surface area contributed by atoms with E-state index in [4.69, 9.17) is 4.74 Å². The van der Waals surface area contributed by atoms with Crippen molar-refractivity contribution in [1.29, 1.82) is 0 Å². The van der Waals surface area contributed by atoms with Crippen LogP contribution in [-0.2, 0) is 32.4 Å². The zero-order valence-electron chi connectivity index (χ0n) is 20.7. The summed E-state index contributed by atoms with van der Waals surface area (Å²) in [4.78, 5) is 27.3. The minimum absolute atomic E-state index is 0.0941. The van der Waals surface area contributed by atoms with E-state index in [-0.39, 0.29) is 11.5 Å². The van der Waals surface area contributed by atoms with Crippen LogP contribution in [-0.4, -0.2) is 33.4 Å². The summed E-state index contributed by atoms with van der Waals surface area (Å²) in [5.74, 6) is -0.992. The molecule has 4 rings (SSSR count). The second kappa shape index (κ2) is 10.8. The van der Waals surface area contributed by atoms with Crippen molar-refractivity contribution >= 4 is 43.9 Å². The number of carbonyl (C=O) groups is 2. The molecule has 0 saturated carbocycles. The molecule has 0 atom stereocenters. The minimum Gasteiger partial charge on any atom is -0.462 e. The molecule has 0 bridgehead atoms. The summed E-state index contributed by atoms with van der Waals surface area (Å²) in [6.07, 6.45) is 3.60. The Morgan fingerprint density at radius 3 is 2.47 bits per heavy atom. The van der Waals surface area contributed by atoms with Gasteiger partial charge in [-0.1, -0.05) is 35.9 Å². The lowest BCUT2D eigenvalue weighted by Gasteiger charge is -2.26. The third-order valence-electron chi connectivity index (χ3n) is 6.14. The summed E-state index contributed by atoms with van der Waals surface area (Å²) < 4.78 is 33.7. The zero-order chi connectivity index (χ0) is 25.9.